The highest BCUT2D eigenvalue weighted by molar-refractivity contribution is 5.78. The monoisotopic (exact) mass is 296 g/mol. The lowest BCUT2D eigenvalue weighted by molar-refractivity contribution is 0.376. The number of nitrogens with one attached hydrogen (secondary N) is 1. The third-order valence-electron chi connectivity index (χ3n) is 4.28. The number of hydrogen-bond donors (Lipinski definition) is 1. The summed E-state index contributed by atoms with van der Waals surface area (Å²) in [7, 11) is 0. The summed E-state index contributed by atoms with van der Waals surface area (Å²) in [5.74, 6) is 0.845. The Hall–Kier alpha value is -0.530. The molecule has 0 heterocycles. The van der Waals surface area contributed by atoms with Gasteiger partial charge in [-0.05, 0) is 12.8 Å². The first-order valence-electron chi connectivity index (χ1n) is 9.58. The van der Waals surface area contributed by atoms with Crippen molar-refractivity contribution in [1.82, 2.24) is 4.90 Å². The van der Waals surface area contributed by atoms with E-state index in [4.69, 9.17) is 5.41 Å². The summed E-state index contributed by atoms with van der Waals surface area (Å²) in [6.45, 7) is 8.86. The molecule has 0 aromatic rings. The molecule has 0 aromatic carbocycles. The molecule has 126 valence electrons. The van der Waals surface area contributed by atoms with Crippen LogP contribution >= 0.6 is 0 Å². The molecule has 21 heavy (non-hydrogen) atoms. The van der Waals surface area contributed by atoms with Crippen molar-refractivity contribution in [2.45, 2.75) is 104 Å². The largest absolute Gasteiger partial charge is 0.361 e. The second-order valence-electron chi connectivity index (χ2n) is 6.32. The van der Waals surface area contributed by atoms with Gasteiger partial charge in [0.2, 0.25) is 0 Å². The second kappa shape index (κ2) is 15.9. The van der Waals surface area contributed by atoms with Crippen LogP contribution in [-0.4, -0.2) is 23.8 Å². The summed E-state index contributed by atoms with van der Waals surface area (Å²) >= 11 is 0. The fourth-order valence-electron chi connectivity index (χ4n) is 2.77. The van der Waals surface area contributed by atoms with Gasteiger partial charge < -0.3 is 4.90 Å². The van der Waals surface area contributed by atoms with E-state index < -0.39 is 0 Å². The van der Waals surface area contributed by atoms with E-state index in [1.54, 1.807) is 0 Å². The first kappa shape index (κ1) is 20.5. The normalized spacial score (nSPS) is 10.8. The van der Waals surface area contributed by atoms with Gasteiger partial charge >= 0.3 is 0 Å². The standard InChI is InChI=1S/C19H40N2/c1-4-7-9-11-13-15-17-21(19(20)6-3)18-16-14-12-10-8-5-2/h20H,4-18H2,1-3H3. The molecule has 0 radical (unpaired) electrons. The van der Waals surface area contributed by atoms with Gasteiger partial charge in [-0.15, -0.1) is 0 Å². The van der Waals surface area contributed by atoms with Crippen molar-refractivity contribution in [3.05, 3.63) is 0 Å². The van der Waals surface area contributed by atoms with Gasteiger partial charge in [-0.25, -0.2) is 0 Å². The SMILES string of the molecule is CCCCCCCCN(CCCCCCCC)C(=N)CC. The molecule has 0 rings (SSSR count). The summed E-state index contributed by atoms with van der Waals surface area (Å²) in [6, 6.07) is 0. The lowest BCUT2D eigenvalue weighted by atomic mass is 10.1. The highest BCUT2D eigenvalue weighted by atomic mass is 15.2. The molecular weight excluding hydrogens is 256 g/mol. The lowest BCUT2D eigenvalue weighted by Crippen LogP contribution is -2.31. The van der Waals surface area contributed by atoms with Gasteiger partial charge in [0, 0.05) is 19.5 Å². The quantitative estimate of drug-likeness (QED) is 0.211. The van der Waals surface area contributed by atoms with Crippen molar-refractivity contribution in [3.63, 3.8) is 0 Å². The Labute approximate surface area is 134 Å². The minimum absolute atomic E-state index is 0.845. The number of hydrogen-bond acceptors (Lipinski definition) is 1. The maximum absolute atomic E-state index is 8.11. The van der Waals surface area contributed by atoms with Crippen molar-refractivity contribution in [1.29, 1.82) is 5.41 Å². The van der Waals surface area contributed by atoms with E-state index in [2.05, 4.69) is 25.7 Å². The zero-order valence-electron chi connectivity index (χ0n) is 15.1. The van der Waals surface area contributed by atoms with E-state index in [9.17, 15) is 0 Å². The minimum Gasteiger partial charge on any atom is -0.361 e. The van der Waals surface area contributed by atoms with Crippen LogP contribution in [0.3, 0.4) is 0 Å². The predicted molar refractivity (Wildman–Crippen MR) is 96.3 cm³/mol. The average molecular weight is 297 g/mol. The summed E-state index contributed by atoms with van der Waals surface area (Å²) in [4.78, 5) is 2.33. The smallest absolute Gasteiger partial charge is 0.0954 e. The van der Waals surface area contributed by atoms with E-state index in [0.29, 0.717) is 0 Å². The Bertz CT molecular complexity index is 210. The molecule has 2 nitrogen and oxygen atoms in total. The Morgan fingerprint density at radius 3 is 1.38 bits per heavy atom. The highest BCUT2D eigenvalue weighted by Gasteiger charge is 2.07. The number of unbranched alkanes of at least 4 members (excludes halogenated alkanes) is 10. The van der Waals surface area contributed by atoms with Gasteiger partial charge in [0.15, 0.2) is 0 Å². The summed E-state index contributed by atoms with van der Waals surface area (Å²) in [5.41, 5.74) is 0. The van der Waals surface area contributed by atoms with Crippen molar-refractivity contribution in [3.8, 4) is 0 Å². The molecular formula is C19H40N2. The molecule has 0 fully saturated rings. The Morgan fingerprint density at radius 2 is 1.00 bits per heavy atom. The van der Waals surface area contributed by atoms with E-state index in [1.165, 1.54) is 77.0 Å². The fourth-order valence-corrected chi connectivity index (χ4v) is 2.77. The van der Waals surface area contributed by atoms with E-state index in [-0.39, 0.29) is 0 Å². The van der Waals surface area contributed by atoms with Crippen molar-refractivity contribution in [2.24, 2.45) is 0 Å². The van der Waals surface area contributed by atoms with E-state index in [0.717, 1.165) is 25.3 Å². The molecule has 0 unspecified atom stereocenters. The van der Waals surface area contributed by atoms with Crippen molar-refractivity contribution in [2.75, 3.05) is 13.1 Å². The third kappa shape index (κ3) is 12.9. The van der Waals surface area contributed by atoms with E-state index in [1.807, 2.05) is 0 Å². The molecule has 0 aliphatic rings. The third-order valence-corrected chi connectivity index (χ3v) is 4.28. The second-order valence-corrected chi connectivity index (χ2v) is 6.32. The maximum Gasteiger partial charge on any atom is 0.0954 e. The molecule has 0 bridgehead atoms. The average Bonchev–Trinajstić information content (AvgIpc) is 2.51. The van der Waals surface area contributed by atoms with Crippen molar-refractivity contribution < 1.29 is 0 Å². The van der Waals surface area contributed by atoms with Crippen LogP contribution in [0.1, 0.15) is 104 Å². The van der Waals surface area contributed by atoms with Crippen LogP contribution in [-0.2, 0) is 0 Å². The van der Waals surface area contributed by atoms with Gasteiger partial charge in [0.25, 0.3) is 0 Å². The topological polar surface area (TPSA) is 27.1 Å². The first-order valence-corrected chi connectivity index (χ1v) is 9.58. The van der Waals surface area contributed by atoms with Crippen LogP contribution < -0.4 is 0 Å². The predicted octanol–water partition coefficient (Wildman–Crippen LogP) is 6.40. The number of nitrogens with zero attached hydrogens (tertiary/aromatic N) is 1. The Morgan fingerprint density at radius 1 is 0.619 bits per heavy atom. The van der Waals surface area contributed by atoms with Gasteiger partial charge in [-0.2, -0.15) is 0 Å². The van der Waals surface area contributed by atoms with Crippen molar-refractivity contribution >= 4 is 5.84 Å². The lowest BCUT2D eigenvalue weighted by Gasteiger charge is -2.24. The fraction of sp³-hybridized carbons (Fsp3) is 0.947. The van der Waals surface area contributed by atoms with Crippen LogP contribution in [0.4, 0.5) is 0 Å². The van der Waals surface area contributed by atoms with Gasteiger partial charge in [0.05, 0.1) is 5.84 Å². The van der Waals surface area contributed by atoms with Crippen LogP contribution in [0, 0.1) is 5.41 Å². The van der Waals surface area contributed by atoms with Gasteiger partial charge in [0.1, 0.15) is 0 Å². The first-order chi connectivity index (χ1) is 10.3. The molecule has 2 heteroatoms. The van der Waals surface area contributed by atoms with Gasteiger partial charge in [-0.3, -0.25) is 5.41 Å². The van der Waals surface area contributed by atoms with Crippen LogP contribution in [0.25, 0.3) is 0 Å². The summed E-state index contributed by atoms with van der Waals surface area (Å²) in [5, 5.41) is 8.11. The molecule has 0 amide bonds. The molecule has 0 aliphatic carbocycles. The minimum atomic E-state index is 0.845. The maximum atomic E-state index is 8.11. The van der Waals surface area contributed by atoms with Crippen LogP contribution in [0.2, 0.25) is 0 Å². The molecule has 0 saturated heterocycles. The Kier molecular flexibility index (Phi) is 15.5. The van der Waals surface area contributed by atoms with E-state index >= 15 is 0 Å². The zero-order valence-corrected chi connectivity index (χ0v) is 15.1. The molecule has 0 aromatic heterocycles. The number of rotatable bonds is 15. The molecule has 0 saturated carbocycles. The van der Waals surface area contributed by atoms with Gasteiger partial charge in [-0.1, -0.05) is 85.0 Å². The summed E-state index contributed by atoms with van der Waals surface area (Å²) < 4.78 is 0. The molecule has 1 N–H and O–H groups in total. The highest BCUT2D eigenvalue weighted by Crippen LogP contribution is 2.09. The zero-order chi connectivity index (χ0) is 15.8. The molecule has 0 atom stereocenters. The molecule has 0 aliphatic heterocycles. The number of amidine groups is 1. The molecule has 0 spiro atoms. The van der Waals surface area contributed by atoms with Crippen LogP contribution in [0.5, 0.6) is 0 Å². The Balaban J connectivity index is 3.70. The van der Waals surface area contributed by atoms with Crippen LogP contribution in [0.15, 0.2) is 0 Å². The summed E-state index contributed by atoms with van der Waals surface area (Å²) in [6.07, 6.45) is 17.0.